The highest BCUT2D eigenvalue weighted by molar-refractivity contribution is 7.71. The Morgan fingerprint density at radius 3 is 2.63 bits per heavy atom. The van der Waals surface area contributed by atoms with Crippen LogP contribution in [-0.4, -0.2) is 29.7 Å². The van der Waals surface area contributed by atoms with Crippen LogP contribution >= 0.6 is 12.2 Å². The summed E-state index contributed by atoms with van der Waals surface area (Å²) in [7, 11) is 0. The van der Waals surface area contributed by atoms with Crippen molar-refractivity contribution in [3.8, 4) is 11.4 Å². The van der Waals surface area contributed by atoms with E-state index in [2.05, 4.69) is 25.1 Å². The highest BCUT2D eigenvalue weighted by Gasteiger charge is 2.09. The fraction of sp³-hybridized carbons (Fsp3) is 0.0833. The van der Waals surface area contributed by atoms with Gasteiger partial charge in [0.05, 0.1) is 12.2 Å². The summed E-state index contributed by atoms with van der Waals surface area (Å²) in [5.41, 5.74) is 1.83. The molecule has 94 valence electrons. The SMILES string of the molecule is S=c1[nH]nc(-c2ccncc2)n1Cc1ccncn1. The zero-order valence-electron chi connectivity index (χ0n) is 9.89. The maximum Gasteiger partial charge on any atom is 0.195 e. The van der Waals surface area contributed by atoms with Gasteiger partial charge in [0.15, 0.2) is 10.6 Å². The Bertz CT molecular complexity index is 719. The lowest BCUT2D eigenvalue weighted by molar-refractivity contribution is 0.763. The molecule has 3 aromatic heterocycles. The molecular weight excluding hydrogens is 260 g/mol. The zero-order chi connectivity index (χ0) is 13.1. The standard InChI is InChI=1S/C12H10N6S/c19-12-17-16-11(9-1-4-13-5-2-9)18(12)7-10-3-6-14-8-15-10/h1-6,8H,7H2,(H,17,19). The minimum absolute atomic E-state index is 0.551. The summed E-state index contributed by atoms with van der Waals surface area (Å²) in [6, 6.07) is 5.63. The normalized spacial score (nSPS) is 10.5. The smallest absolute Gasteiger partial charge is 0.195 e. The van der Waals surface area contributed by atoms with E-state index in [1.54, 1.807) is 18.6 Å². The molecule has 3 heterocycles. The van der Waals surface area contributed by atoms with Crippen LogP contribution in [0, 0.1) is 4.77 Å². The summed E-state index contributed by atoms with van der Waals surface area (Å²) in [6.07, 6.45) is 6.67. The molecule has 6 nitrogen and oxygen atoms in total. The first-order chi connectivity index (χ1) is 9.34. The van der Waals surface area contributed by atoms with Crippen molar-refractivity contribution in [1.29, 1.82) is 0 Å². The molecule has 0 aliphatic heterocycles. The van der Waals surface area contributed by atoms with Gasteiger partial charge in [-0.25, -0.2) is 9.97 Å². The molecular formula is C12H10N6S. The lowest BCUT2D eigenvalue weighted by Gasteiger charge is -2.05. The maximum atomic E-state index is 5.26. The second-order valence-corrected chi connectivity index (χ2v) is 4.26. The van der Waals surface area contributed by atoms with E-state index in [9.17, 15) is 0 Å². The van der Waals surface area contributed by atoms with Crippen molar-refractivity contribution in [2.75, 3.05) is 0 Å². The van der Waals surface area contributed by atoms with Crippen molar-refractivity contribution in [3.63, 3.8) is 0 Å². The molecule has 0 amide bonds. The predicted octanol–water partition coefficient (Wildman–Crippen LogP) is 1.84. The monoisotopic (exact) mass is 270 g/mol. The molecule has 3 aromatic rings. The second kappa shape index (κ2) is 5.07. The summed E-state index contributed by atoms with van der Waals surface area (Å²) >= 11 is 5.26. The molecule has 0 fully saturated rings. The Hall–Kier alpha value is -2.41. The van der Waals surface area contributed by atoms with Gasteiger partial charge in [0.1, 0.15) is 6.33 Å². The van der Waals surface area contributed by atoms with Crippen LogP contribution in [0.25, 0.3) is 11.4 Å². The molecule has 0 unspecified atom stereocenters. The van der Waals surface area contributed by atoms with Gasteiger partial charge in [-0.15, -0.1) is 0 Å². The van der Waals surface area contributed by atoms with E-state index in [-0.39, 0.29) is 0 Å². The number of nitrogens with zero attached hydrogens (tertiary/aromatic N) is 5. The van der Waals surface area contributed by atoms with Crippen LogP contribution in [0.1, 0.15) is 5.69 Å². The van der Waals surface area contributed by atoms with E-state index in [4.69, 9.17) is 12.2 Å². The van der Waals surface area contributed by atoms with Gasteiger partial charge in [0.2, 0.25) is 0 Å². The highest BCUT2D eigenvalue weighted by atomic mass is 32.1. The van der Waals surface area contributed by atoms with Crippen LogP contribution in [0.5, 0.6) is 0 Å². The van der Waals surface area contributed by atoms with Crippen molar-refractivity contribution in [1.82, 2.24) is 29.7 Å². The second-order valence-electron chi connectivity index (χ2n) is 3.88. The molecule has 0 bridgehead atoms. The Morgan fingerprint density at radius 1 is 1.11 bits per heavy atom. The Morgan fingerprint density at radius 2 is 1.89 bits per heavy atom. The molecule has 0 aliphatic carbocycles. The first kappa shape index (κ1) is 11.7. The fourth-order valence-electron chi connectivity index (χ4n) is 1.76. The molecule has 7 heteroatoms. The Kier molecular flexibility index (Phi) is 3.11. The molecule has 0 aliphatic rings. The lowest BCUT2D eigenvalue weighted by Crippen LogP contribution is -2.04. The molecule has 0 saturated heterocycles. The average molecular weight is 270 g/mol. The predicted molar refractivity (Wildman–Crippen MR) is 71.8 cm³/mol. The van der Waals surface area contributed by atoms with Crippen LogP contribution in [0.3, 0.4) is 0 Å². The summed E-state index contributed by atoms with van der Waals surface area (Å²) in [5, 5.41) is 7.06. The van der Waals surface area contributed by atoms with Crippen molar-refractivity contribution < 1.29 is 0 Å². The number of H-pyrrole nitrogens is 1. The van der Waals surface area contributed by atoms with Gasteiger partial charge in [0, 0.05) is 24.2 Å². The minimum atomic E-state index is 0.551. The number of pyridine rings is 1. The zero-order valence-corrected chi connectivity index (χ0v) is 10.7. The summed E-state index contributed by atoms with van der Waals surface area (Å²) in [4.78, 5) is 12.1. The van der Waals surface area contributed by atoms with E-state index in [1.165, 1.54) is 6.33 Å². The van der Waals surface area contributed by atoms with Gasteiger partial charge in [-0.2, -0.15) is 5.10 Å². The summed E-state index contributed by atoms with van der Waals surface area (Å²) < 4.78 is 2.46. The first-order valence-corrected chi connectivity index (χ1v) is 6.06. The van der Waals surface area contributed by atoms with Crippen LogP contribution in [0.15, 0.2) is 43.1 Å². The van der Waals surface area contributed by atoms with Crippen molar-refractivity contribution in [3.05, 3.63) is 53.6 Å². The van der Waals surface area contributed by atoms with Gasteiger partial charge >= 0.3 is 0 Å². The highest BCUT2D eigenvalue weighted by Crippen LogP contribution is 2.16. The third kappa shape index (κ3) is 2.41. The van der Waals surface area contributed by atoms with Crippen LogP contribution in [0.2, 0.25) is 0 Å². The van der Waals surface area contributed by atoms with E-state index >= 15 is 0 Å². The quantitative estimate of drug-likeness (QED) is 0.735. The molecule has 0 saturated carbocycles. The lowest BCUT2D eigenvalue weighted by atomic mass is 10.2. The number of rotatable bonds is 3. The van der Waals surface area contributed by atoms with Gasteiger partial charge in [-0.05, 0) is 30.4 Å². The topological polar surface area (TPSA) is 72.3 Å². The number of aromatic nitrogens is 6. The number of nitrogens with one attached hydrogen (secondary N) is 1. The van der Waals surface area contributed by atoms with Crippen LogP contribution < -0.4 is 0 Å². The van der Waals surface area contributed by atoms with Crippen molar-refractivity contribution in [2.24, 2.45) is 0 Å². The summed E-state index contributed by atoms with van der Waals surface area (Å²) in [6.45, 7) is 0.551. The van der Waals surface area contributed by atoms with E-state index in [0.29, 0.717) is 11.3 Å². The van der Waals surface area contributed by atoms with Crippen LogP contribution in [0.4, 0.5) is 0 Å². The average Bonchev–Trinajstić information content (AvgIpc) is 2.82. The van der Waals surface area contributed by atoms with Gasteiger partial charge in [0.25, 0.3) is 0 Å². The first-order valence-electron chi connectivity index (χ1n) is 5.65. The van der Waals surface area contributed by atoms with E-state index in [0.717, 1.165) is 17.1 Å². The van der Waals surface area contributed by atoms with Crippen molar-refractivity contribution in [2.45, 2.75) is 6.54 Å². The van der Waals surface area contributed by atoms with Gasteiger partial charge < -0.3 is 0 Å². The molecule has 0 radical (unpaired) electrons. The van der Waals surface area contributed by atoms with Crippen molar-refractivity contribution >= 4 is 12.2 Å². The number of hydrogen-bond donors (Lipinski definition) is 1. The van der Waals surface area contributed by atoms with E-state index < -0.39 is 0 Å². The van der Waals surface area contributed by atoms with Gasteiger partial charge in [-0.3, -0.25) is 14.6 Å². The Labute approximate surface area is 114 Å². The molecule has 3 rings (SSSR count). The van der Waals surface area contributed by atoms with E-state index in [1.807, 2.05) is 22.8 Å². The molecule has 0 aromatic carbocycles. The van der Waals surface area contributed by atoms with Crippen LogP contribution in [-0.2, 0) is 6.54 Å². The third-order valence-corrected chi connectivity index (χ3v) is 2.97. The fourth-order valence-corrected chi connectivity index (χ4v) is 1.96. The van der Waals surface area contributed by atoms with Gasteiger partial charge in [-0.1, -0.05) is 0 Å². The third-order valence-electron chi connectivity index (χ3n) is 2.66. The molecule has 0 atom stereocenters. The molecule has 0 spiro atoms. The summed E-state index contributed by atoms with van der Waals surface area (Å²) in [5.74, 6) is 0.769. The molecule has 1 N–H and O–H groups in total. The minimum Gasteiger partial charge on any atom is -0.294 e. The molecule has 19 heavy (non-hydrogen) atoms. The number of hydrogen-bond acceptors (Lipinski definition) is 5. The maximum absolute atomic E-state index is 5.26. The number of aromatic amines is 1. The largest absolute Gasteiger partial charge is 0.294 e. The Balaban J connectivity index is 2.03.